The van der Waals surface area contributed by atoms with E-state index in [1.165, 1.54) is 0 Å². The quantitative estimate of drug-likeness (QED) is 0.822. The van der Waals surface area contributed by atoms with Crippen molar-refractivity contribution in [1.29, 1.82) is 0 Å². The summed E-state index contributed by atoms with van der Waals surface area (Å²) in [7, 11) is 2.04. The molecule has 2 aromatic rings. The molecular weight excluding hydrogens is 252 g/mol. The molecule has 15 heavy (non-hydrogen) atoms. The normalized spacial score (nSPS) is 10.0. The van der Waals surface area contributed by atoms with Crippen LogP contribution >= 0.6 is 15.9 Å². The van der Waals surface area contributed by atoms with Crippen LogP contribution in [0.25, 0.3) is 0 Å². The summed E-state index contributed by atoms with van der Waals surface area (Å²) in [4.78, 5) is 6.12. The summed E-state index contributed by atoms with van der Waals surface area (Å²) in [6.07, 6.45) is 3.59. The fourth-order valence-electron chi connectivity index (χ4n) is 1.40. The standard InChI is InChI=1S/C12H11BrN2/c1-15(11-5-7-14-8-6-11)12-4-2-3-10(13)9-12/h2-9H,1H3. The second-order valence-corrected chi connectivity index (χ2v) is 4.16. The lowest BCUT2D eigenvalue weighted by Gasteiger charge is -2.19. The molecule has 1 aromatic heterocycles. The smallest absolute Gasteiger partial charge is 0.0438 e. The van der Waals surface area contributed by atoms with E-state index in [4.69, 9.17) is 0 Å². The first-order valence-electron chi connectivity index (χ1n) is 4.67. The fourth-order valence-corrected chi connectivity index (χ4v) is 1.79. The number of pyridine rings is 1. The summed E-state index contributed by atoms with van der Waals surface area (Å²) in [6, 6.07) is 12.2. The maximum Gasteiger partial charge on any atom is 0.0438 e. The summed E-state index contributed by atoms with van der Waals surface area (Å²) in [5, 5.41) is 0. The zero-order valence-corrected chi connectivity index (χ0v) is 9.98. The molecule has 0 radical (unpaired) electrons. The Kier molecular flexibility index (Phi) is 3.02. The van der Waals surface area contributed by atoms with E-state index in [1.54, 1.807) is 12.4 Å². The molecule has 0 aliphatic heterocycles. The predicted octanol–water partition coefficient (Wildman–Crippen LogP) is 3.61. The molecule has 0 aliphatic carbocycles. The molecule has 0 aliphatic rings. The SMILES string of the molecule is CN(c1ccncc1)c1cccc(Br)c1. The molecule has 3 heteroatoms. The van der Waals surface area contributed by atoms with Crippen LogP contribution in [0.2, 0.25) is 0 Å². The van der Waals surface area contributed by atoms with E-state index in [2.05, 4.69) is 37.9 Å². The van der Waals surface area contributed by atoms with Crippen molar-refractivity contribution in [3.63, 3.8) is 0 Å². The van der Waals surface area contributed by atoms with Crippen LogP contribution in [-0.2, 0) is 0 Å². The molecule has 2 nitrogen and oxygen atoms in total. The predicted molar refractivity (Wildman–Crippen MR) is 66.4 cm³/mol. The topological polar surface area (TPSA) is 16.1 Å². The highest BCUT2D eigenvalue weighted by Crippen LogP contribution is 2.25. The lowest BCUT2D eigenvalue weighted by Crippen LogP contribution is -2.08. The first kappa shape index (κ1) is 10.2. The molecule has 2 rings (SSSR count). The highest BCUT2D eigenvalue weighted by atomic mass is 79.9. The van der Waals surface area contributed by atoms with Crippen molar-refractivity contribution >= 4 is 27.3 Å². The molecule has 0 N–H and O–H groups in total. The van der Waals surface area contributed by atoms with Crippen LogP contribution in [0.5, 0.6) is 0 Å². The summed E-state index contributed by atoms with van der Waals surface area (Å²) >= 11 is 3.46. The number of aromatic nitrogens is 1. The Bertz CT molecular complexity index is 442. The average Bonchev–Trinajstić information content (AvgIpc) is 2.29. The van der Waals surface area contributed by atoms with E-state index >= 15 is 0 Å². The second-order valence-electron chi connectivity index (χ2n) is 3.24. The van der Waals surface area contributed by atoms with E-state index in [0.29, 0.717) is 0 Å². The molecule has 0 bridgehead atoms. The molecule has 76 valence electrons. The lowest BCUT2D eigenvalue weighted by molar-refractivity contribution is 1.18. The minimum atomic E-state index is 1.08. The third-order valence-corrected chi connectivity index (χ3v) is 2.74. The molecule has 0 saturated heterocycles. The maximum atomic E-state index is 4.00. The molecular formula is C12H11BrN2. The van der Waals surface area contributed by atoms with Gasteiger partial charge in [-0.1, -0.05) is 22.0 Å². The molecule has 0 spiro atoms. The Morgan fingerprint density at radius 2 is 1.80 bits per heavy atom. The molecule has 0 fully saturated rings. The first-order valence-corrected chi connectivity index (χ1v) is 5.46. The maximum absolute atomic E-state index is 4.00. The van der Waals surface area contributed by atoms with Crippen molar-refractivity contribution in [1.82, 2.24) is 4.98 Å². The van der Waals surface area contributed by atoms with Gasteiger partial charge in [0, 0.05) is 35.3 Å². The minimum Gasteiger partial charge on any atom is -0.345 e. The minimum absolute atomic E-state index is 1.08. The van der Waals surface area contributed by atoms with Crippen LogP contribution in [0.3, 0.4) is 0 Å². The van der Waals surface area contributed by atoms with Gasteiger partial charge in [0.1, 0.15) is 0 Å². The van der Waals surface area contributed by atoms with Crippen molar-refractivity contribution in [3.8, 4) is 0 Å². The fraction of sp³-hybridized carbons (Fsp3) is 0.0833. The van der Waals surface area contributed by atoms with Gasteiger partial charge in [-0.2, -0.15) is 0 Å². The van der Waals surface area contributed by atoms with Crippen LogP contribution < -0.4 is 4.90 Å². The van der Waals surface area contributed by atoms with Gasteiger partial charge < -0.3 is 4.90 Å². The van der Waals surface area contributed by atoms with Crippen LogP contribution in [-0.4, -0.2) is 12.0 Å². The second kappa shape index (κ2) is 4.45. The highest BCUT2D eigenvalue weighted by Gasteiger charge is 2.02. The third kappa shape index (κ3) is 2.36. The largest absolute Gasteiger partial charge is 0.345 e. The van der Waals surface area contributed by atoms with E-state index in [-0.39, 0.29) is 0 Å². The van der Waals surface area contributed by atoms with Crippen molar-refractivity contribution in [2.24, 2.45) is 0 Å². The average molecular weight is 263 g/mol. The van der Waals surface area contributed by atoms with Gasteiger partial charge in [-0.15, -0.1) is 0 Å². The molecule has 0 amide bonds. The Morgan fingerprint density at radius 1 is 1.07 bits per heavy atom. The Balaban J connectivity index is 2.32. The number of hydrogen-bond acceptors (Lipinski definition) is 2. The van der Waals surface area contributed by atoms with E-state index in [1.807, 2.05) is 31.3 Å². The number of nitrogens with zero attached hydrogens (tertiary/aromatic N) is 2. The van der Waals surface area contributed by atoms with Crippen molar-refractivity contribution in [3.05, 3.63) is 53.3 Å². The number of anilines is 2. The first-order chi connectivity index (χ1) is 7.27. The van der Waals surface area contributed by atoms with Crippen LogP contribution in [0.15, 0.2) is 53.3 Å². The number of halogens is 1. The molecule has 0 saturated carbocycles. The molecule has 0 unspecified atom stereocenters. The van der Waals surface area contributed by atoms with Gasteiger partial charge in [0.25, 0.3) is 0 Å². The van der Waals surface area contributed by atoms with Crippen LogP contribution in [0, 0.1) is 0 Å². The zero-order chi connectivity index (χ0) is 10.7. The van der Waals surface area contributed by atoms with Crippen molar-refractivity contribution < 1.29 is 0 Å². The highest BCUT2D eigenvalue weighted by molar-refractivity contribution is 9.10. The van der Waals surface area contributed by atoms with Gasteiger partial charge >= 0.3 is 0 Å². The van der Waals surface area contributed by atoms with Crippen molar-refractivity contribution in [2.45, 2.75) is 0 Å². The van der Waals surface area contributed by atoms with Gasteiger partial charge in [-0.05, 0) is 30.3 Å². The van der Waals surface area contributed by atoms with Crippen LogP contribution in [0.1, 0.15) is 0 Å². The third-order valence-electron chi connectivity index (χ3n) is 2.25. The van der Waals surface area contributed by atoms with Gasteiger partial charge in [-0.3, -0.25) is 4.98 Å². The number of rotatable bonds is 2. The molecule has 1 heterocycles. The van der Waals surface area contributed by atoms with E-state index < -0.39 is 0 Å². The number of benzene rings is 1. The van der Waals surface area contributed by atoms with E-state index in [9.17, 15) is 0 Å². The van der Waals surface area contributed by atoms with Gasteiger partial charge in [0.15, 0.2) is 0 Å². The Hall–Kier alpha value is -1.35. The zero-order valence-electron chi connectivity index (χ0n) is 8.39. The van der Waals surface area contributed by atoms with Gasteiger partial charge in [-0.25, -0.2) is 0 Å². The number of hydrogen-bond donors (Lipinski definition) is 0. The Morgan fingerprint density at radius 3 is 2.47 bits per heavy atom. The van der Waals surface area contributed by atoms with Gasteiger partial charge in [0.2, 0.25) is 0 Å². The Labute approximate surface area is 97.7 Å². The lowest BCUT2D eigenvalue weighted by atomic mass is 10.2. The summed E-state index contributed by atoms with van der Waals surface area (Å²) in [5.41, 5.74) is 2.28. The monoisotopic (exact) mass is 262 g/mol. The molecule has 0 atom stereocenters. The summed E-state index contributed by atoms with van der Waals surface area (Å²) in [5.74, 6) is 0. The summed E-state index contributed by atoms with van der Waals surface area (Å²) in [6.45, 7) is 0. The van der Waals surface area contributed by atoms with Crippen LogP contribution in [0.4, 0.5) is 11.4 Å². The van der Waals surface area contributed by atoms with E-state index in [0.717, 1.165) is 15.8 Å². The summed E-state index contributed by atoms with van der Waals surface area (Å²) < 4.78 is 1.08. The molecule has 1 aromatic carbocycles. The van der Waals surface area contributed by atoms with Gasteiger partial charge in [0.05, 0.1) is 0 Å². The van der Waals surface area contributed by atoms with Crippen molar-refractivity contribution in [2.75, 3.05) is 11.9 Å².